The molecule has 0 aromatic heterocycles. The summed E-state index contributed by atoms with van der Waals surface area (Å²) < 4.78 is 0. The lowest BCUT2D eigenvalue weighted by atomic mass is 10.0. The van der Waals surface area contributed by atoms with Crippen molar-refractivity contribution in [2.75, 3.05) is 6.54 Å². The van der Waals surface area contributed by atoms with Gasteiger partial charge in [-0.05, 0) is 30.9 Å². The molecule has 19 heavy (non-hydrogen) atoms. The number of carbonyl (C=O) groups is 1. The molecule has 3 nitrogen and oxygen atoms in total. The fraction of sp³-hybridized carbons (Fsp3) is 0.562. The van der Waals surface area contributed by atoms with Gasteiger partial charge in [0, 0.05) is 0 Å². The van der Waals surface area contributed by atoms with Crippen LogP contribution in [0.2, 0.25) is 0 Å². The van der Waals surface area contributed by atoms with Crippen molar-refractivity contribution in [3.05, 3.63) is 35.9 Å². The summed E-state index contributed by atoms with van der Waals surface area (Å²) in [5.41, 5.74) is 0.830. The Labute approximate surface area is 115 Å². The first kappa shape index (κ1) is 14.1. The Balaban J connectivity index is 1.76. The minimum Gasteiger partial charge on any atom is -0.480 e. The van der Waals surface area contributed by atoms with Crippen LogP contribution in [0.15, 0.2) is 30.3 Å². The standard InChI is InChI=1S/C16H23NO2/c18-16(19)15(14-10-2-1-3-11-14)17-12-6-9-13-7-4-5-8-13/h1-3,10-11,13,15,17H,4-9,12H2,(H,18,19). The quantitative estimate of drug-likeness (QED) is 0.740. The molecule has 0 heterocycles. The van der Waals surface area contributed by atoms with Crippen LogP contribution in [-0.4, -0.2) is 17.6 Å². The van der Waals surface area contributed by atoms with E-state index in [0.717, 1.165) is 24.4 Å². The predicted octanol–water partition coefficient (Wildman–Crippen LogP) is 3.37. The monoisotopic (exact) mass is 261 g/mol. The molecule has 2 N–H and O–H groups in total. The average Bonchev–Trinajstić information content (AvgIpc) is 2.92. The largest absolute Gasteiger partial charge is 0.480 e. The van der Waals surface area contributed by atoms with Gasteiger partial charge in [0.2, 0.25) is 0 Å². The molecule has 1 fully saturated rings. The number of aliphatic carboxylic acids is 1. The number of carboxylic acids is 1. The lowest BCUT2D eigenvalue weighted by molar-refractivity contribution is -0.139. The van der Waals surface area contributed by atoms with E-state index in [-0.39, 0.29) is 0 Å². The molecule has 0 amide bonds. The van der Waals surface area contributed by atoms with E-state index in [1.54, 1.807) is 0 Å². The number of nitrogens with one attached hydrogen (secondary N) is 1. The van der Waals surface area contributed by atoms with Crippen LogP contribution in [0.3, 0.4) is 0 Å². The molecule has 3 heteroatoms. The van der Waals surface area contributed by atoms with Crippen LogP contribution in [0.25, 0.3) is 0 Å². The average molecular weight is 261 g/mol. The van der Waals surface area contributed by atoms with Crippen LogP contribution in [0.4, 0.5) is 0 Å². The van der Waals surface area contributed by atoms with E-state index in [2.05, 4.69) is 5.32 Å². The minimum atomic E-state index is -0.799. The van der Waals surface area contributed by atoms with Crippen molar-refractivity contribution < 1.29 is 9.90 Å². The highest BCUT2D eigenvalue weighted by atomic mass is 16.4. The molecule has 0 radical (unpaired) electrons. The number of benzene rings is 1. The van der Waals surface area contributed by atoms with E-state index < -0.39 is 12.0 Å². The van der Waals surface area contributed by atoms with Crippen molar-refractivity contribution in [2.45, 2.75) is 44.6 Å². The zero-order valence-corrected chi connectivity index (χ0v) is 11.3. The summed E-state index contributed by atoms with van der Waals surface area (Å²) in [6, 6.07) is 8.81. The summed E-state index contributed by atoms with van der Waals surface area (Å²) in [5, 5.41) is 12.4. The van der Waals surface area contributed by atoms with Gasteiger partial charge in [0.1, 0.15) is 6.04 Å². The van der Waals surface area contributed by atoms with Crippen molar-refractivity contribution in [1.82, 2.24) is 5.32 Å². The predicted molar refractivity (Wildman–Crippen MR) is 76.0 cm³/mol. The van der Waals surface area contributed by atoms with Crippen LogP contribution >= 0.6 is 0 Å². The number of hydrogen-bond donors (Lipinski definition) is 2. The second-order valence-electron chi connectivity index (χ2n) is 5.43. The van der Waals surface area contributed by atoms with E-state index in [1.807, 2.05) is 30.3 Å². The molecule has 104 valence electrons. The van der Waals surface area contributed by atoms with Crippen LogP contribution in [-0.2, 0) is 4.79 Å². The molecule has 0 bridgehead atoms. The summed E-state index contributed by atoms with van der Waals surface area (Å²) in [6.07, 6.45) is 7.78. The van der Waals surface area contributed by atoms with Gasteiger partial charge >= 0.3 is 5.97 Å². The van der Waals surface area contributed by atoms with Gasteiger partial charge in [-0.1, -0.05) is 56.0 Å². The van der Waals surface area contributed by atoms with Gasteiger partial charge in [0.05, 0.1) is 0 Å². The van der Waals surface area contributed by atoms with Gasteiger partial charge in [-0.15, -0.1) is 0 Å². The zero-order valence-electron chi connectivity index (χ0n) is 11.3. The summed E-state index contributed by atoms with van der Waals surface area (Å²) in [7, 11) is 0. The maximum Gasteiger partial charge on any atom is 0.325 e. The second-order valence-corrected chi connectivity index (χ2v) is 5.43. The number of rotatable bonds is 7. The fourth-order valence-electron chi connectivity index (χ4n) is 2.93. The molecule has 0 spiro atoms. The fourth-order valence-corrected chi connectivity index (χ4v) is 2.93. The van der Waals surface area contributed by atoms with Gasteiger partial charge in [-0.3, -0.25) is 4.79 Å². The normalized spacial score (nSPS) is 17.5. The molecule has 2 rings (SSSR count). The van der Waals surface area contributed by atoms with Gasteiger partial charge in [0.15, 0.2) is 0 Å². The SMILES string of the molecule is O=C(O)C(NCCCC1CCCC1)c1ccccc1. The van der Waals surface area contributed by atoms with E-state index in [4.69, 9.17) is 0 Å². The lowest BCUT2D eigenvalue weighted by Gasteiger charge is -2.15. The van der Waals surface area contributed by atoms with Crippen LogP contribution in [0.1, 0.15) is 50.1 Å². The summed E-state index contributed by atoms with van der Waals surface area (Å²) in [4.78, 5) is 11.3. The highest BCUT2D eigenvalue weighted by Crippen LogP contribution is 2.28. The highest BCUT2D eigenvalue weighted by molar-refractivity contribution is 5.75. The van der Waals surface area contributed by atoms with Crippen molar-refractivity contribution in [3.63, 3.8) is 0 Å². The van der Waals surface area contributed by atoms with Crippen LogP contribution < -0.4 is 5.32 Å². The number of hydrogen-bond acceptors (Lipinski definition) is 2. The Morgan fingerprint density at radius 1 is 1.26 bits per heavy atom. The molecular weight excluding hydrogens is 238 g/mol. The molecule has 1 atom stereocenters. The molecule has 1 aromatic rings. The van der Waals surface area contributed by atoms with Gasteiger partial charge in [0.25, 0.3) is 0 Å². The van der Waals surface area contributed by atoms with E-state index in [0.29, 0.717) is 0 Å². The molecule has 1 aliphatic rings. The Kier molecular flexibility index (Phi) is 5.40. The smallest absolute Gasteiger partial charge is 0.325 e. The molecule has 0 saturated heterocycles. The summed E-state index contributed by atoms with van der Waals surface area (Å²) in [5.74, 6) is 0.0777. The summed E-state index contributed by atoms with van der Waals surface area (Å²) in [6.45, 7) is 0.780. The van der Waals surface area contributed by atoms with Gasteiger partial charge in [-0.2, -0.15) is 0 Å². The van der Waals surface area contributed by atoms with Gasteiger partial charge in [-0.25, -0.2) is 0 Å². The maximum absolute atomic E-state index is 11.3. The third-order valence-electron chi connectivity index (χ3n) is 3.99. The summed E-state index contributed by atoms with van der Waals surface area (Å²) >= 11 is 0. The third-order valence-corrected chi connectivity index (χ3v) is 3.99. The minimum absolute atomic E-state index is 0.579. The first-order valence-electron chi connectivity index (χ1n) is 7.28. The van der Waals surface area contributed by atoms with Crippen molar-refractivity contribution in [1.29, 1.82) is 0 Å². The Hall–Kier alpha value is -1.35. The molecule has 0 aliphatic heterocycles. The lowest BCUT2D eigenvalue weighted by Crippen LogP contribution is -2.29. The second kappa shape index (κ2) is 7.29. The Morgan fingerprint density at radius 2 is 1.95 bits per heavy atom. The van der Waals surface area contributed by atoms with Crippen molar-refractivity contribution in [2.24, 2.45) is 5.92 Å². The molecular formula is C16H23NO2. The van der Waals surface area contributed by atoms with Gasteiger partial charge < -0.3 is 10.4 Å². The zero-order chi connectivity index (χ0) is 13.5. The molecule has 1 aromatic carbocycles. The van der Waals surface area contributed by atoms with E-state index >= 15 is 0 Å². The van der Waals surface area contributed by atoms with E-state index in [1.165, 1.54) is 32.1 Å². The molecule has 1 unspecified atom stereocenters. The first-order valence-corrected chi connectivity index (χ1v) is 7.28. The van der Waals surface area contributed by atoms with E-state index in [9.17, 15) is 9.90 Å². The Morgan fingerprint density at radius 3 is 2.58 bits per heavy atom. The first-order chi connectivity index (χ1) is 9.27. The van der Waals surface area contributed by atoms with Crippen molar-refractivity contribution in [3.8, 4) is 0 Å². The molecule has 1 aliphatic carbocycles. The van der Waals surface area contributed by atoms with Crippen LogP contribution in [0, 0.1) is 5.92 Å². The maximum atomic E-state index is 11.3. The topological polar surface area (TPSA) is 49.3 Å². The highest BCUT2D eigenvalue weighted by Gasteiger charge is 2.19. The molecule has 1 saturated carbocycles. The van der Waals surface area contributed by atoms with Crippen molar-refractivity contribution >= 4 is 5.97 Å². The van der Waals surface area contributed by atoms with Crippen LogP contribution in [0.5, 0.6) is 0 Å². The third kappa shape index (κ3) is 4.35. The Bertz CT molecular complexity index is 385. The number of carboxylic acid groups (broad SMARTS) is 1.